The molecule has 1 aromatic heterocycles. The molecule has 2 heterocycles. The highest BCUT2D eigenvalue weighted by molar-refractivity contribution is 6.09. The number of anilines is 1. The number of amides is 4. The van der Waals surface area contributed by atoms with E-state index in [1.807, 2.05) is 37.3 Å². The number of carbonyl (C=O) groups excluding carboxylic acids is 3. The molecule has 1 aliphatic rings. The molecule has 0 radical (unpaired) electrons. The first-order valence-corrected chi connectivity index (χ1v) is 9.59. The van der Waals surface area contributed by atoms with Gasteiger partial charge in [0.15, 0.2) is 0 Å². The zero-order valence-electron chi connectivity index (χ0n) is 16.5. The highest BCUT2D eigenvalue weighted by Crippen LogP contribution is 2.31. The van der Waals surface area contributed by atoms with Gasteiger partial charge in [-0.2, -0.15) is 0 Å². The number of rotatable bonds is 6. The Balaban J connectivity index is 1.75. The first kappa shape index (κ1) is 20.3. The second kappa shape index (κ2) is 8.72. The molecule has 4 N–H and O–H groups in total. The number of nitrogens with two attached hydrogens (primary N) is 1. The van der Waals surface area contributed by atoms with Gasteiger partial charge in [0.2, 0.25) is 11.8 Å². The van der Waals surface area contributed by atoms with Crippen LogP contribution in [0.3, 0.4) is 0 Å². The number of hydrogen-bond acceptors (Lipinski definition) is 5. The Morgan fingerprint density at radius 1 is 1.24 bits per heavy atom. The van der Waals surface area contributed by atoms with E-state index in [1.165, 1.54) is 0 Å². The molecule has 152 valence electrons. The lowest BCUT2D eigenvalue weighted by atomic mass is 9.82. The van der Waals surface area contributed by atoms with Crippen molar-refractivity contribution in [1.82, 2.24) is 20.5 Å². The molecule has 4 amide bonds. The number of pyridine rings is 1. The number of nitrogens with zero attached hydrogens (tertiary/aromatic N) is 2. The minimum Gasteiger partial charge on any atom is -0.384 e. The number of likely N-dealkylation sites (N-methyl/N-ethyl adjacent to an activating group) is 1. The van der Waals surface area contributed by atoms with Gasteiger partial charge in [-0.15, -0.1) is 0 Å². The van der Waals surface area contributed by atoms with Crippen molar-refractivity contribution in [3.63, 3.8) is 0 Å². The Hall–Kier alpha value is -3.42. The summed E-state index contributed by atoms with van der Waals surface area (Å²) < 4.78 is 0. The van der Waals surface area contributed by atoms with E-state index >= 15 is 0 Å². The number of nitrogens with one attached hydrogen (secondary N) is 2. The van der Waals surface area contributed by atoms with Gasteiger partial charge in [-0.1, -0.05) is 30.3 Å². The van der Waals surface area contributed by atoms with Crippen molar-refractivity contribution in [3.05, 3.63) is 59.8 Å². The smallest absolute Gasteiger partial charge is 0.325 e. The topological polar surface area (TPSA) is 117 Å². The third-order valence-corrected chi connectivity index (χ3v) is 4.99. The Kier molecular flexibility index (Phi) is 6.11. The maximum atomic E-state index is 12.8. The van der Waals surface area contributed by atoms with Crippen LogP contribution in [-0.4, -0.2) is 40.3 Å². The summed E-state index contributed by atoms with van der Waals surface area (Å²) >= 11 is 0. The summed E-state index contributed by atoms with van der Waals surface area (Å²) in [6.07, 6.45) is 1.87. The van der Waals surface area contributed by atoms with E-state index in [0.29, 0.717) is 18.8 Å². The van der Waals surface area contributed by atoms with Crippen LogP contribution < -0.4 is 16.4 Å². The first-order valence-electron chi connectivity index (χ1n) is 9.59. The number of urea groups is 1. The molecule has 1 saturated heterocycles. The Morgan fingerprint density at radius 3 is 2.62 bits per heavy atom. The monoisotopic (exact) mass is 395 g/mol. The number of β-lactam (4-membered cyclic amide) rings is 1. The van der Waals surface area contributed by atoms with Crippen LogP contribution >= 0.6 is 0 Å². The van der Waals surface area contributed by atoms with Gasteiger partial charge in [-0.05, 0) is 43.5 Å². The Labute approximate surface area is 169 Å². The van der Waals surface area contributed by atoms with E-state index in [-0.39, 0.29) is 17.9 Å². The number of benzene rings is 1. The molecule has 0 spiro atoms. The largest absolute Gasteiger partial charge is 0.384 e. The van der Waals surface area contributed by atoms with Crippen molar-refractivity contribution in [1.29, 1.82) is 0 Å². The number of hydrogen-bond donors (Lipinski definition) is 3. The summed E-state index contributed by atoms with van der Waals surface area (Å²) in [5, 5.41) is 5.52. The van der Waals surface area contributed by atoms with Crippen LogP contribution in [0.15, 0.2) is 48.7 Å². The average Bonchev–Trinajstić information content (AvgIpc) is 2.70. The number of likely N-dealkylation sites (tertiary alicyclic amines) is 1. The minimum absolute atomic E-state index is 0.301. The number of nitrogen functional groups attached to an aromatic ring is 1. The van der Waals surface area contributed by atoms with E-state index in [1.54, 1.807) is 25.3 Å². The Bertz CT molecular complexity index is 902. The maximum absolute atomic E-state index is 12.8. The quantitative estimate of drug-likeness (QED) is 0.643. The molecule has 1 unspecified atom stereocenters. The van der Waals surface area contributed by atoms with Crippen LogP contribution in [-0.2, 0) is 16.0 Å². The summed E-state index contributed by atoms with van der Waals surface area (Å²) in [6.45, 7) is 4.03. The number of imide groups is 1. The predicted molar refractivity (Wildman–Crippen MR) is 109 cm³/mol. The lowest BCUT2D eigenvalue weighted by Gasteiger charge is -2.44. The van der Waals surface area contributed by atoms with Crippen LogP contribution in [0.1, 0.15) is 31.0 Å². The molecule has 1 aromatic carbocycles. The van der Waals surface area contributed by atoms with E-state index in [9.17, 15) is 14.4 Å². The van der Waals surface area contributed by atoms with Gasteiger partial charge < -0.3 is 16.4 Å². The molecule has 2 aromatic rings. The average molecular weight is 395 g/mol. The molecule has 0 aliphatic carbocycles. The van der Waals surface area contributed by atoms with E-state index in [2.05, 4.69) is 15.6 Å². The van der Waals surface area contributed by atoms with Crippen molar-refractivity contribution in [2.45, 2.75) is 32.4 Å². The van der Waals surface area contributed by atoms with Gasteiger partial charge in [0.05, 0.1) is 12.0 Å². The molecular weight excluding hydrogens is 370 g/mol. The summed E-state index contributed by atoms with van der Waals surface area (Å²) in [6, 6.07) is 11.1. The first-order chi connectivity index (χ1) is 13.9. The van der Waals surface area contributed by atoms with Gasteiger partial charge in [0.1, 0.15) is 11.9 Å². The van der Waals surface area contributed by atoms with Crippen LogP contribution in [0, 0.1) is 5.92 Å². The zero-order chi connectivity index (χ0) is 21.0. The SMILES string of the molecule is CCNC(=O)[C@@H]1[C@@H](Cc2ccnc(N)c2)C(=O)N1C(=O)NC(C)c1ccccc1. The molecular formula is C21H25N5O3. The maximum Gasteiger partial charge on any atom is 0.325 e. The van der Waals surface area contributed by atoms with Crippen molar-refractivity contribution in [2.75, 3.05) is 12.3 Å². The molecule has 1 fully saturated rings. The predicted octanol–water partition coefficient (Wildman–Crippen LogP) is 1.64. The normalized spacial score (nSPS) is 19.2. The van der Waals surface area contributed by atoms with Crippen molar-refractivity contribution >= 4 is 23.7 Å². The highest BCUT2D eigenvalue weighted by Gasteiger charge is 2.54. The third kappa shape index (κ3) is 4.37. The molecule has 3 rings (SSSR count). The van der Waals surface area contributed by atoms with Crippen molar-refractivity contribution in [2.24, 2.45) is 5.92 Å². The van der Waals surface area contributed by atoms with E-state index < -0.39 is 18.0 Å². The summed E-state index contributed by atoms with van der Waals surface area (Å²) in [7, 11) is 0. The standard InChI is InChI=1S/C21H25N5O3/c1-3-23-19(27)18-16(11-14-9-10-24-17(22)12-14)20(28)26(18)21(29)25-13(2)15-7-5-4-6-8-15/h4-10,12-13,16,18H,3,11H2,1-2H3,(H2,22,24)(H,23,27)(H,25,29)/t13?,16-,18+/m1/s1. The number of carbonyl (C=O) groups is 3. The van der Waals surface area contributed by atoms with Crippen LogP contribution in [0.2, 0.25) is 0 Å². The van der Waals surface area contributed by atoms with E-state index in [0.717, 1.165) is 16.0 Å². The lowest BCUT2D eigenvalue weighted by molar-refractivity contribution is -0.157. The molecule has 3 atom stereocenters. The molecule has 0 bridgehead atoms. The van der Waals surface area contributed by atoms with Crippen molar-refractivity contribution in [3.8, 4) is 0 Å². The summed E-state index contributed by atoms with van der Waals surface area (Å²) in [4.78, 5) is 43.1. The fraction of sp³-hybridized carbons (Fsp3) is 0.333. The van der Waals surface area contributed by atoms with Gasteiger partial charge >= 0.3 is 6.03 Å². The van der Waals surface area contributed by atoms with Crippen LogP contribution in [0.25, 0.3) is 0 Å². The molecule has 8 heteroatoms. The Morgan fingerprint density at radius 2 is 1.97 bits per heavy atom. The fourth-order valence-corrected chi connectivity index (χ4v) is 3.51. The molecule has 29 heavy (non-hydrogen) atoms. The van der Waals surface area contributed by atoms with Crippen molar-refractivity contribution < 1.29 is 14.4 Å². The van der Waals surface area contributed by atoms with Gasteiger partial charge in [0.25, 0.3) is 0 Å². The second-order valence-electron chi connectivity index (χ2n) is 7.03. The molecule has 8 nitrogen and oxygen atoms in total. The fourth-order valence-electron chi connectivity index (χ4n) is 3.51. The summed E-state index contributed by atoms with van der Waals surface area (Å²) in [5.41, 5.74) is 7.41. The summed E-state index contributed by atoms with van der Waals surface area (Å²) in [5.74, 6) is -1.01. The van der Waals surface area contributed by atoms with E-state index in [4.69, 9.17) is 5.73 Å². The van der Waals surface area contributed by atoms with Gasteiger partial charge in [0, 0.05) is 12.7 Å². The highest BCUT2D eigenvalue weighted by atomic mass is 16.2. The zero-order valence-corrected chi connectivity index (χ0v) is 16.5. The van der Waals surface area contributed by atoms with Crippen LogP contribution in [0.5, 0.6) is 0 Å². The number of aromatic nitrogens is 1. The second-order valence-corrected chi connectivity index (χ2v) is 7.03. The minimum atomic E-state index is -0.861. The third-order valence-electron chi connectivity index (χ3n) is 4.99. The molecule has 1 aliphatic heterocycles. The van der Waals surface area contributed by atoms with Gasteiger partial charge in [-0.25, -0.2) is 9.78 Å². The van der Waals surface area contributed by atoms with Crippen LogP contribution in [0.4, 0.5) is 10.6 Å². The van der Waals surface area contributed by atoms with Gasteiger partial charge in [-0.3, -0.25) is 14.5 Å². The molecule has 0 saturated carbocycles. The lowest BCUT2D eigenvalue weighted by Crippen LogP contribution is -2.70.